The van der Waals surface area contributed by atoms with Crippen molar-refractivity contribution in [2.75, 3.05) is 7.11 Å². The van der Waals surface area contributed by atoms with E-state index in [1.165, 1.54) is 5.56 Å². The first-order valence-electron chi connectivity index (χ1n) is 5.86. The van der Waals surface area contributed by atoms with Gasteiger partial charge in [-0.25, -0.2) is 0 Å². The maximum atomic E-state index is 12.1. The summed E-state index contributed by atoms with van der Waals surface area (Å²) in [5.41, 5.74) is 1.20. The molecular weight excluding hydrogens is 291 g/mol. The van der Waals surface area contributed by atoms with E-state index in [9.17, 15) is 3.83 Å². The minimum atomic E-state index is -1.89. The van der Waals surface area contributed by atoms with Gasteiger partial charge in [0, 0.05) is 0 Å². The molecule has 94 valence electrons. The van der Waals surface area contributed by atoms with E-state index in [-0.39, 0.29) is 0 Å². The zero-order valence-electron chi connectivity index (χ0n) is 10.3. The summed E-state index contributed by atoms with van der Waals surface area (Å²) in [5, 5.41) is 0.746. The summed E-state index contributed by atoms with van der Waals surface area (Å²) in [6.07, 6.45) is 0.854. The molecule has 2 aromatic rings. The van der Waals surface area contributed by atoms with Crippen LogP contribution in [0.15, 0.2) is 54.6 Å². The summed E-state index contributed by atoms with van der Waals surface area (Å²) in [7, 11) is 1.66. The Kier molecular flexibility index (Phi) is 4.68. The number of methoxy groups -OCH3 is 1. The number of ether oxygens (including phenoxy) is 1. The van der Waals surface area contributed by atoms with Crippen LogP contribution in [0, 0.1) is 0 Å². The SMILES string of the molecule is COc1ccc(CC[Se](=O)c2ccccc2)cc1. The van der Waals surface area contributed by atoms with E-state index in [2.05, 4.69) is 0 Å². The first kappa shape index (κ1) is 13.0. The first-order valence-corrected chi connectivity index (χ1v) is 8.62. The Morgan fingerprint density at radius 1 is 1.00 bits per heavy atom. The van der Waals surface area contributed by atoms with E-state index in [4.69, 9.17) is 4.74 Å². The van der Waals surface area contributed by atoms with Gasteiger partial charge in [0.05, 0.1) is 0 Å². The number of benzene rings is 2. The van der Waals surface area contributed by atoms with Crippen molar-refractivity contribution >= 4 is 18.3 Å². The quantitative estimate of drug-likeness (QED) is 0.794. The predicted octanol–water partition coefficient (Wildman–Crippen LogP) is 2.57. The Labute approximate surface area is 112 Å². The van der Waals surface area contributed by atoms with Crippen LogP contribution in [0.4, 0.5) is 0 Å². The zero-order valence-corrected chi connectivity index (χ0v) is 12.0. The molecule has 1 unspecified atom stereocenters. The molecule has 0 N–H and O–H groups in total. The molecule has 0 saturated carbocycles. The average Bonchev–Trinajstić information content (AvgIpc) is 2.46. The molecule has 0 aromatic heterocycles. The molecule has 2 rings (SSSR count). The second-order valence-electron chi connectivity index (χ2n) is 3.96. The third-order valence-electron chi connectivity index (χ3n) is 2.74. The van der Waals surface area contributed by atoms with Gasteiger partial charge in [0.1, 0.15) is 0 Å². The maximum absolute atomic E-state index is 12.1. The van der Waals surface area contributed by atoms with Crippen molar-refractivity contribution in [3.05, 3.63) is 60.2 Å². The molecule has 0 bridgehead atoms. The summed E-state index contributed by atoms with van der Waals surface area (Å²) in [6, 6.07) is 17.7. The molecule has 18 heavy (non-hydrogen) atoms. The molecule has 0 fully saturated rings. The van der Waals surface area contributed by atoms with Gasteiger partial charge in [-0.2, -0.15) is 0 Å². The van der Waals surface area contributed by atoms with Crippen LogP contribution in [-0.2, 0) is 10.3 Å². The van der Waals surface area contributed by atoms with Crippen molar-refractivity contribution in [1.29, 1.82) is 0 Å². The molecule has 2 aromatic carbocycles. The van der Waals surface area contributed by atoms with Crippen molar-refractivity contribution in [1.82, 2.24) is 0 Å². The second kappa shape index (κ2) is 6.48. The van der Waals surface area contributed by atoms with E-state index in [0.29, 0.717) is 0 Å². The van der Waals surface area contributed by atoms with Gasteiger partial charge >= 0.3 is 112 Å². The summed E-state index contributed by atoms with van der Waals surface area (Å²) >= 11 is -1.89. The topological polar surface area (TPSA) is 26.3 Å². The second-order valence-corrected chi connectivity index (χ2v) is 7.26. The Morgan fingerprint density at radius 2 is 1.67 bits per heavy atom. The molecule has 0 heterocycles. The fourth-order valence-electron chi connectivity index (χ4n) is 1.69. The Morgan fingerprint density at radius 3 is 2.28 bits per heavy atom. The van der Waals surface area contributed by atoms with Crippen LogP contribution >= 0.6 is 0 Å². The van der Waals surface area contributed by atoms with E-state index < -0.39 is 13.8 Å². The van der Waals surface area contributed by atoms with Gasteiger partial charge < -0.3 is 0 Å². The Hall–Kier alpha value is -1.44. The van der Waals surface area contributed by atoms with Gasteiger partial charge in [-0.1, -0.05) is 0 Å². The van der Waals surface area contributed by atoms with Gasteiger partial charge in [-0.15, -0.1) is 0 Å². The van der Waals surface area contributed by atoms with Gasteiger partial charge in [0.15, 0.2) is 0 Å². The van der Waals surface area contributed by atoms with Crippen LogP contribution in [0.3, 0.4) is 0 Å². The molecule has 2 nitrogen and oxygen atoms in total. The van der Waals surface area contributed by atoms with Crippen molar-refractivity contribution in [2.24, 2.45) is 0 Å². The number of hydrogen-bond donors (Lipinski definition) is 0. The third kappa shape index (κ3) is 3.52. The monoisotopic (exact) mass is 308 g/mol. The van der Waals surface area contributed by atoms with Gasteiger partial charge in [-0.3, -0.25) is 0 Å². The molecule has 1 atom stereocenters. The fourth-order valence-corrected chi connectivity index (χ4v) is 4.04. The number of aryl methyl sites for hydroxylation is 1. The fraction of sp³-hybridized carbons (Fsp3) is 0.200. The zero-order chi connectivity index (χ0) is 12.8. The van der Waals surface area contributed by atoms with Gasteiger partial charge in [-0.05, 0) is 0 Å². The summed E-state index contributed by atoms with van der Waals surface area (Å²) in [5.74, 6) is 0.858. The molecule has 0 saturated heterocycles. The van der Waals surface area contributed by atoms with E-state index in [1.807, 2.05) is 54.6 Å². The molecule has 0 aliphatic carbocycles. The Bertz CT molecular complexity index is 506. The van der Waals surface area contributed by atoms with Crippen LogP contribution in [0.5, 0.6) is 5.75 Å². The minimum absolute atomic E-state index is 0.746. The summed E-state index contributed by atoms with van der Waals surface area (Å²) in [4.78, 5) is 0. The Balaban J connectivity index is 1.93. The third-order valence-corrected chi connectivity index (χ3v) is 5.62. The average molecular weight is 307 g/mol. The molecule has 0 aliphatic heterocycles. The first-order chi connectivity index (χ1) is 8.79. The van der Waals surface area contributed by atoms with Crippen LogP contribution < -0.4 is 9.20 Å². The molecule has 0 amide bonds. The molecule has 0 spiro atoms. The number of rotatable bonds is 5. The van der Waals surface area contributed by atoms with Gasteiger partial charge in [0.2, 0.25) is 0 Å². The molecule has 3 heteroatoms. The normalized spacial score (nSPS) is 12.1. The van der Waals surface area contributed by atoms with Crippen LogP contribution in [0.2, 0.25) is 5.32 Å². The molecule has 0 radical (unpaired) electrons. The molecule has 0 aliphatic rings. The van der Waals surface area contributed by atoms with E-state index in [0.717, 1.165) is 22.0 Å². The predicted molar refractivity (Wildman–Crippen MR) is 74.0 cm³/mol. The van der Waals surface area contributed by atoms with Crippen molar-refractivity contribution in [2.45, 2.75) is 11.7 Å². The van der Waals surface area contributed by atoms with Gasteiger partial charge in [0.25, 0.3) is 0 Å². The van der Waals surface area contributed by atoms with Crippen LogP contribution in [-0.4, -0.2) is 20.9 Å². The summed E-state index contributed by atoms with van der Waals surface area (Å²) in [6.45, 7) is 0. The van der Waals surface area contributed by atoms with E-state index >= 15 is 0 Å². The number of hydrogen-bond acceptors (Lipinski definition) is 2. The van der Waals surface area contributed by atoms with Crippen LogP contribution in [0.25, 0.3) is 0 Å². The molecular formula is C15H16O2Se. The van der Waals surface area contributed by atoms with Crippen LogP contribution in [0.1, 0.15) is 5.56 Å². The van der Waals surface area contributed by atoms with Crippen molar-refractivity contribution in [3.8, 4) is 5.75 Å². The van der Waals surface area contributed by atoms with E-state index in [1.54, 1.807) is 7.11 Å². The summed E-state index contributed by atoms with van der Waals surface area (Å²) < 4.78 is 18.2. The van der Waals surface area contributed by atoms with Crippen molar-refractivity contribution < 1.29 is 8.57 Å². The standard InChI is InChI=1S/C15H16O2Se/c1-17-14-9-7-13(8-10-14)11-12-18(16)15-5-3-2-4-6-15/h2-10H,11-12H2,1H3. The van der Waals surface area contributed by atoms with Crippen molar-refractivity contribution in [3.63, 3.8) is 0 Å².